The molecule has 88 valence electrons. The lowest BCUT2D eigenvalue weighted by Gasteiger charge is -2.27. The quantitative estimate of drug-likeness (QED) is 0.830. The third-order valence-electron chi connectivity index (χ3n) is 3.33. The van der Waals surface area contributed by atoms with Gasteiger partial charge in [0.05, 0.1) is 5.92 Å². The van der Waals surface area contributed by atoms with Gasteiger partial charge in [-0.2, -0.15) is 5.10 Å². The summed E-state index contributed by atoms with van der Waals surface area (Å²) in [7, 11) is 0. The number of nitrogens with two attached hydrogens (primary N) is 1. The van der Waals surface area contributed by atoms with Crippen LogP contribution >= 0.6 is 0 Å². The van der Waals surface area contributed by atoms with Crippen LogP contribution in [0.2, 0.25) is 0 Å². The molecule has 3 rings (SSSR count). The van der Waals surface area contributed by atoms with E-state index in [2.05, 4.69) is 39.4 Å². The fraction of sp³-hybridized carbons (Fsp3) is 0.385. The minimum atomic E-state index is 0.383. The molecule has 0 saturated heterocycles. The number of benzene rings is 1. The van der Waals surface area contributed by atoms with Gasteiger partial charge in [0.2, 0.25) is 0 Å². The number of nitrogens with zero attached hydrogens (tertiary/aromatic N) is 2. The molecule has 4 heteroatoms. The summed E-state index contributed by atoms with van der Waals surface area (Å²) >= 11 is 0. The summed E-state index contributed by atoms with van der Waals surface area (Å²) in [4.78, 5) is 4.55. The molecule has 0 saturated carbocycles. The number of H-pyrrole nitrogens is 1. The molecule has 3 N–H and O–H groups in total. The van der Waals surface area contributed by atoms with Crippen LogP contribution in [0.15, 0.2) is 24.3 Å². The summed E-state index contributed by atoms with van der Waals surface area (Å²) in [5.74, 6) is 2.26. The number of hydrogen-bond acceptors (Lipinski definition) is 3. The zero-order valence-electron chi connectivity index (χ0n) is 9.69. The van der Waals surface area contributed by atoms with Crippen molar-refractivity contribution in [3.8, 4) is 0 Å². The van der Waals surface area contributed by atoms with Crippen LogP contribution in [0.1, 0.15) is 35.1 Å². The summed E-state index contributed by atoms with van der Waals surface area (Å²) in [5, 5.41) is 7.32. The van der Waals surface area contributed by atoms with Gasteiger partial charge in [0, 0.05) is 6.42 Å². The molecule has 0 spiro atoms. The van der Waals surface area contributed by atoms with E-state index in [-0.39, 0.29) is 0 Å². The van der Waals surface area contributed by atoms with Crippen molar-refractivity contribution in [2.45, 2.75) is 25.2 Å². The van der Waals surface area contributed by atoms with Gasteiger partial charge in [-0.1, -0.05) is 24.3 Å². The Morgan fingerprint density at radius 1 is 1.35 bits per heavy atom. The van der Waals surface area contributed by atoms with E-state index in [1.807, 2.05) is 0 Å². The highest BCUT2D eigenvalue weighted by Crippen LogP contribution is 2.38. The molecule has 2 aromatic rings. The summed E-state index contributed by atoms with van der Waals surface area (Å²) in [6, 6.07) is 8.50. The third kappa shape index (κ3) is 1.85. The lowest BCUT2D eigenvalue weighted by Crippen LogP contribution is -2.19. The molecule has 4 nitrogen and oxygen atoms in total. The molecule has 1 atom stereocenters. The second-order valence-electron chi connectivity index (χ2n) is 4.49. The van der Waals surface area contributed by atoms with Crippen LogP contribution < -0.4 is 5.73 Å². The number of nitrogens with one attached hydrogen (secondary N) is 1. The lowest BCUT2D eigenvalue weighted by molar-refractivity contribution is 0.662. The second kappa shape index (κ2) is 4.30. The van der Waals surface area contributed by atoms with Gasteiger partial charge in [-0.05, 0) is 30.5 Å². The molecule has 1 aliphatic carbocycles. The number of aromatic nitrogens is 3. The number of fused-ring (bicyclic) bond motifs is 1. The van der Waals surface area contributed by atoms with E-state index in [0.29, 0.717) is 12.5 Å². The van der Waals surface area contributed by atoms with Crippen molar-refractivity contribution in [2.24, 2.45) is 5.73 Å². The molecule has 1 aromatic heterocycles. The fourth-order valence-corrected chi connectivity index (χ4v) is 2.34. The first-order valence-corrected chi connectivity index (χ1v) is 6.07. The predicted molar refractivity (Wildman–Crippen MR) is 65.7 cm³/mol. The average Bonchev–Trinajstić information content (AvgIpc) is 2.76. The van der Waals surface area contributed by atoms with Crippen molar-refractivity contribution >= 4 is 0 Å². The first-order valence-electron chi connectivity index (χ1n) is 6.07. The zero-order valence-corrected chi connectivity index (χ0v) is 9.69. The highest BCUT2D eigenvalue weighted by Gasteiger charge is 2.29. The zero-order chi connectivity index (χ0) is 11.7. The molecular formula is C13H16N4. The van der Waals surface area contributed by atoms with Crippen LogP contribution in [-0.4, -0.2) is 21.7 Å². The second-order valence-corrected chi connectivity index (χ2v) is 4.49. The molecule has 1 unspecified atom stereocenters. The van der Waals surface area contributed by atoms with Gasteiger partial charge in [-0.25, -0.2) is 4.98 Å². The van der Waals surface area contributed by atoms with Gasteiger partial charge in [-0.3, -0.25) is 5.10 Å². The molecule has 0 bridgehead atoms. The molecule has 17 heavy (non-hydrogen) atoms. The average molecular weight is 228 g/mol. The van der Waals surface area contributed by atoms with E-state index >= 15 is 0 Å². The minimum absolute atomic E-state index is 0.383. The van der Waals surface area contributed by atoms with Gasteiger partial charge in [-0.15, -0.1) is 0 Å². The van der Waals surface area contributed by atoms with Crippen LogP contribution in [0.3, 0.4) is 0 Å². The van der Waals surface area contributed by atoms with E-state index in [0.717, 1.165) is 30.9 Å². The predicted octanol–water partition coefficient (Wildman–Crippen LogP) is 1.38. The molecule has 0 fully saturated rings. The maximum Gasteiger partial charge on any atom is 0.158 e. The topological polar surface area (TPSA) is 67.6 Å². The van der Waals surface area contributed by atoms with Crippen LogP contribution in [0.5, 0.6) is 0 Å². The van der Waals surface area contributed by atoms with Crippen LogP contribution in [0.25, 0.3) is 0 Å². The first kappa shape index (κ1) is 10.5. The van der Waals surface area contributed by atoms with Crippen molar-refractivity contribution in [2.75, 3.05) is 6.54 Å². The fourth-order valence-electron chi connectivity index (χ4n) is 2.34. The summed E-state index contributed by atoms with van der Waals surface area (Å²) in [6.07, 6.45) is 2.90. The molecular weight excluding hydrogens is 212 g/mol. The largest absolute Gasteiger partial charge is 0.330 e. The van der Waals surface area contributed by atoms with E-state index in [9.17, 15) is 0 Å². The Bertz CT molecular complexity index is 518. The molecule has 1 aromatic carbocycles. The SMILES string of the molecule is NCCCc1nc(C2Cc3ccccc32)n[nH]1. The normalized spacial score (nSPS) is 17.6. The lowest BCUT2D eigenvalue weighted by atomic mass is 9.77. The van der Waals surface area contributed by atoms with Crippen LogP contribution in [-0.2, 0) is 12.8 Å². The Hall–Kier alpha value is -1.68. The Morgan fingerprint density at radius 2 is 2.24 bits per heavy atom. The maximum atomic E-state index is 5.48. The molecule has 0 amide bonds. The summed E-state index contributed by atoms with van der Waals surface area (Å²) in [5.41, 5.74) is 8.28. The Balaban J connectivity index is 1.76. The van der Waals surface area contributed by atoms with Crippen molar-refractivity contribution in [3.63, 3.8) is 0 Å². The van der Waals surface area contributed by atoms with E-state index in [1.165, 1.54) is 11.1 Å². The Kier molecular flexibility index (Phi) is 2.65. The van der Waals surface area contributed by atoms with Crippen molar-refractivity contribution in [1.82, 2.24) is 15.2 Å². The van der Waals surface area contributed by atoms with Crippen LogP contribution in [0.4, 0.5) is 0 Å². The maximum absolute atomic E-state index is 5.48. The van der Waals surface area contributed by atoms with E-state index in [1.54, 1.807) is 0 Å². The smallest absolute Gasteiger partial charge is 0.158 e. The van der Waals surface area contributed by atoms with Gasteiger partial charge in [0.1, 0.15) is 5.82 Å². The number of aromatic amines is 1. The van der Waals surface area contributed by atoms with Crippen molar-refractivity contribution < 1.29 is 0 Å². The summed E-state index contributed by atoms with van der Waals surface area (Å²) in [6.45, 7) is 0.697. The van der Waals surface area contributed by atoms with Crippen molar-refractivity contribution in [1.29, 1.82) is 0 Å². The van der Waals surface area contributed by atoms with Crippen LogP contribution in [0, 0.1) is 0 Å². The molecule has 1 aliphatic rings. The van der Waals surface area contributed by atoms with Gasteiger partial charge < -0.3 is 5.73 Å². The Labute approximate surface area is 100 Å². The van der Waals surface area contributed by atoms with E-state index in [4.69, 9.17) is 5.73 Å². The van der Waals surface area contributed by atoms with Crippen molar-refractivity contribution in [3.05, 3.63) is 47.0 Å². The highest BCUT2D eigenvalue weighted by molar-refractivity contribution is 5.43. The molecule has 0 aliphatic heterocycles. The van der Waals surface area contributed by atoms with Gasteiger partial charge in [0.25, 0.3) is 0 Å². The highest BCUT2D eigenvalue weighted by atomic mass is 15.2. The molecule has 0 radical (unpaired) electrons. The minimum Gasteiger partial charge on any atom is -0.330 e. The first-order chi connectivity index (χ1) is 8.38. The Morgan fingerprint density at radius 3 is 3.06 bits per heavy atom. The standard InChI is InChI=1S/C13H16N4/c14-7-3-6-12-15-13(17-16-12)11-8-9-4-1-2-5-10(9)11/h1-2,4-5,11H,3,6-8,14H2,(H,15,16,17). The third-order valence-corrected chi connectivity index (χ3v) is 3.33. The van der Waals surface area contributed by atoms with Gasteiger partial charge in [0.15, 0.2) is 5.82 Å². The monoisotopic (exact) mass is 228 g/mol. The van der Waals surface area contributed by atoms with E-state index < -0.39 is 0 Å². The number of hydrogen-bond donors (Lipinski definition) is 2. The number of rotatable bonds is 4. The summed E-state index contributed by atoms with van der Waals surface area (Å²) < 4.78 is 0. The molecule has 1 heterocycles. The van der Waals surface area contributed by atoms with Gasteiger partial charge >= 0.3 is 0 Å². The number of aryl methyl sites for hydroxylation is 1.